The first-order chi connectivity index (χ1) is 11.5. The van der Waals surface area contributed by atoms with E-state index in [1.54, 1.807) is 13.8 Å². The van der Waals surface area contributed by atoms with Gasteiger partial charge >= 0.3 is 0 Å². The van der Waals surface area contributed by atoms with Gasteiger partial charge in [-0.1, -0.05) is 13.8 Å². The summed E-state index contributed by atoms with van der Waals surface area (Å²) in [6.45, 7) is 3.57. The van der Waals surface area contributed by atoms with Crippen LogP contribution in [0.25, 0.3) is 0 Å². The van der Waals surface area contributed by atoms with Crippen LogP contribution in [-0.4, -0.2) is 24.6 Å². The molecule has 0 saturated carbocycles. The van der Waals surface area contributed by atoms with Gasteiger partial charge in [0.05, 0.1) is 15.1 Å². The van der Waals surface area contributed by atoms with Crippen LogP contribution in [0.1, 0.15) is 24.3 Å². The van der Waals surface area contributed by atoms with E-state index in [4.69, 9.17) is 0 Å². The zero-order valence-electron chi connectivity index (χ0n) is 13.8. The van der Waals surface area contributed by atoms with Crippen LogP contribution < -0.4 is 5.32 Å². The Balaban J connectivity index is 2.29. The first kappa shape index (κ1) is 19.6. The van der Waals surface area contributed by atoms with Crippen LogP contribution in [0.15, 0.2) is 33.8 Å². The Hall–Kier alpha value is -1.74. The Morgan fingerprint density at radius 2 is 1.92 bits per heavy atom. The SMILES string of the molecule is CC(C)CS(=O)(=O)c1cc(C(=O)Nc2cc(F)c(F)c(Br)c2)n(C)c1. The first-order valence-electron chi connectivity index (χ1n) is 7.36. The van der Waals surface area contributed by atoms with Crippen LogP contribution >= 0.6 is 15.9 Å². The van der Waals surface area contributed by atoms with E-state index in [9.17, 15) is 22.0 Å². The Bertz CT molecular complexity index is 900. The lowest BCUT2D eigenvalue weighted by atomic mass is 10.3. The predicted molar refractivity (Wildman–Crippen MR) is 94.3 cm³/mol. The Labute approximate surface area is 153 Å². The molecule has 5 nitrogen and oxygen atoms in total. The van der Waals surface area contributed by atoms with Gasteiger partial charge < -0.3 is 9.88 Å². The summed E-state index contributed by atoms with van der Waals surface area (Å²) in [7, 11) is -1.97. The Morgan fingerprint density at radius 1 is 1.28 bits per heavy atom. The zero-order valence-corrected chi connectivity index (χ0v) is 16.2. The van der Waals surface area contributed by atoms with Gasteiger partial charge in [0.25, 0.3) is 5.91 Å². The maximum Gasteiger partial charge on any atom is 0.272 e. The van der Waals surface area contributed by atoms with Gasteiger partial charge in [0, 0.05) is 25.0 Å². The van der Waals surface area contributed by atoms with Crippen LogP contribution in [0, 0.1) is 17.6 Å². The third-order valence-electron chi connectivity index (χ3n) is 3.37. The minimum Gasteiger partial charge on any atom is -0.345 e. The van der Waals surface area contributed by atoms with E-state index in [0.29, 0.717) is 0 Å². The molecule has 0 saturated heterocycles. The third kappa shape index (κ3) is 4.46. The van der Waals surface area contributed by atoms with Crippen LogP contribution in [-0.2, 0) is 16.9 Å². The summed E-state index contributed by atoms with van der Waals surface area (Å²) in [5.41, 5.74) is 0.131. The van der Waals surface area contributed by atoms with Crippen molar-refractivity contribution in [3.63, 3.8) is 0 Å². The van der Waals surface area contributed by atoms with Crippen molar-refractivity contribution in [1.29, 1.82) is 0 Å². The van der Waals surface area contributed by atoms with Gasteiger partial charge in [0.1, 0.15) is 5.69 Å². The van der Waals surface area contributed by atoms with Crippen molar-refractivity contribution in [3.05, 3.63) is 46.2 Å². The molecule has 0 fully saturated rings. The number of amides is 1. The largest absolute Gasteiger partial charge is 0.345 e. The smallest absolute Gasteiger partial charge is 0.272 e. The maximum atomic E-state index is 13.4. The summed E-state index contributed by atoms with van der Waals surface area (Å²) in [5, 5.41) is 2.42. The molecule has 0 bridgehead atoms. The van der Waals surface area contributed by atoms with Crippen molar-refractivity contribution in [2.24, 2.45) is 13.0 Å². The monoisotopic (exact) mass is 434 g/mol. The molecule has 0 spiro atoms. The molecule has 1 N–H and O–H groups in total. The van der Waals surface area contributed by atoms with E-state index >= 15 is 0 Å². The predicted octanol–water partition coefficient (Wildman–Crippen LogP) is 3.75. The summed E-state index contributed by atoms with van der Waals surface area (Å²) in [6.07, 6.45) is 1.35. The second-order valence-corrected chi connectivity index (χ2v) is 8.94. The molecule has 0 aliphatic heterocycles. The van der Waals surface area contributed by atoms with Crippen molar-refractivity contribution in [2.45, 2.75) is 18.7 Å². The molecule has 0 aliphatic carbocycles. The fourth-order valence-corrected chi connectivity index (χ4v) is 4.40. The molecule has 0 aliphatic rings. The molecular formula is C16H17BrF2N2O3S. The quantitative estimate of drug-likeness (QED) is 0.728. The highest BCUT2D eigenvalue weighted by Gasteiger charge is 2.22. The van der Waals surface area contributed by atoms with E-state index in [0.717, 1.165) is 6.07 Å². The number of hydrogen-bond acceptors (Lipinski definition) is 3. The van der Waals surface area contributed by atoms with Crippen LogP contribution in [0.4, 0.5) is 14.5 Å². The third-order valence-corrected chi connectivity index (χ3v) is 5.99. The summed E-state index contributed by atoms with van der Waals surface area (Å²) in [4.78, 5) is 12.4. The highest BCUT2D eigenvalue weighted by molar-refractivity contribution is 9.10. The van der Waals surface area contributed by atoms with Crippen LogP contribution in [0.2, 0.25) is 0 Å². The first-order valence-corrected chi connectivity index (χ1v) is 9.81. The molecule has 0 atom stereocenters. The minimum atomic E-state index is -3.50. The maximum absolute atomic E-state index is 13.4. The summed E-state index contributed by atoms with van der Waals surface area (Å²) in [6, 6.07) is 3.33. The molecule has 0 radical (unpaired) electrons. The summed E-state index contributed by atoms with van der Waals surface area (Å²) in [5.74, 6) is -2.89. The van der Waals surface area contributed by atoms with Gasteiger partial charge in [-0.3, -0.25) is 4.79 Å². The Kier molecular flexibility index (Phi) is 5.68. The van der Waals surface area contributed by atoms with E-state index in [2.05, 4.69) is 21.2 Å². The number of rotatable bonds is 5. The molecule has 1 aromatic heterocycles. The van der Waals surface area contributed by atoms with Gasteiger partial charge in [-0.05, 0) is 34.0 Å². The van der Waals surface area contributed by atoms with Gasteiger partial charge in [-0.15, -0.1) is 0 Å². The van der Waals surface area contributed by atoms with Gasteiger partial charge in [-0.2, -0.15) is 0 Å². The summed E-state index contributed by atoms with van der Waals surface area (Å²) < 4.78 is 52.5. The molecule has 9 heteroatoms. The summed E-state index contributed by atoms with van der Waals surface area (Å²) >= 11 is 2.86. The molecule has 1 amide bonds. The van der Waals surface area contributed by atoms with E-state index in [1.807, 2.05) is 0 Å². The highest BCUT2D eigenvalue weighted by Crippen LogP contribution is 2.24. The second kappa shape index (κ2) is 7.25. The second-order valence-electron chi connectivity index (χ2n) is 6.06. The number of aromatic nitrogens is 1. The standard InChI is InChI=1S/C16H17BrF2N2O3S/c1-9(2)8-25(23,24)11-6-14(21(3)7-11)16(22)20-10-4-12(17)15(19)13(18)5-10/h4-7,9H,8H2,1-3H3,(H,20,22). The van der Waals surface area contributed by atoms with Crippen molar-refractivity contribution in [2.75, 3.05) is 11.1 Å². The molecule has 136 valence electrons. The number of aryl methyl sites for hydroxylation is 1. The highest BCUT2D eigenvalue weighted by atomic mass is 79.9. The van der Waals surface area contributed by atoms with E-state index in [-0.39, 0.29) is 32.4 Å². The number of nitrogens with one attached hydrogen (secondary N) is 1. The lowest BCUT2D eigenvalue weighted by Gasteiger charge is -2.07. The number of halogens is 3. The van der Waals surface area contributed by atoms with E-state index in [1.165, 1.54) is 29.9 Å². The molecule has 2 rings (SSSR count). The molecule has 0 unspecified atom stereocenters. The molecule has 2 aromatic rings. The number of carbonyl (C=O) groups is 1. The lowest BCUT2D eigenvalue weighted by Crippen LogP contribution is -2.15. The van der Waals surface area contributed by atoms with Gasteiger partial charge in [-0.25, -0.2) is 17.2 Å². The zero-order chi connectivity index (χ0) is 18.9. The number of sulfone groups is 1. The van der Waals surface area contributed by atoms with Crippen LogP contribution in [0.3, 0.4) is 0 Å². The fourth-order valence-electron chi connectivity index (χ4n) is 2.29. The average molecular weight is 435 g/mol. The van der Waals surface area contributed by atoms with Crippen molar-refractivity contribution >= 4 is 37.4 Å². The minimum absolute atomic E-state index is 0.0335. The average Bonchev–Trinajstić information content (AvgIpc) is 2.86. The van der Waals surface area contributed by atoms with Gasteiger partial charge in [0.15, 0.2) is 21.5 Å². The topological polar surface area (TPSA) is 68.2 Å². The lowest BCUT2D eigenvalue weighted by molar-refractivity contribution is 0.101. The molecule has 25 heavy (non-hydrogen) atoms. The van der Waals surface area contributed by atoms with Crippen molar-refractivity contribution in [3.8, 4) is 0 Å². The number of benzene rings is 1. The molecular weight excluding hydrogens is 418 g/mol. The van der Waals surface area contributed by atoms with Gasteiger partial charge in [0.2, 0.25) is 0 Å². The molecule has 1 heterocycles. The number of nitrogens with zero attached hydrogens (tertiary/aromatic N) is 1. The van der Waals surface area contributed by atoms with E-state index < -0.39 is 27.4 Å². The van der Waals surface area contributed by atoms with Crippen molar-refractivity contribution in [1.82, 2.24) is 4.57 Å². The normalized spacial score (nSPS) is 11.8. The number of hydrogen-bond donors (Lipinski definition) is 1. The number of carbonyl (C=O) groups excluding carboxylic acids is 1. The Morgan fingerprint density at radius 3 is 2.48 bits per heavy atom. The van der Waals surface area contributed by atoms with Crippen LogP contribution in [0.5, 0.6) is 0 Å². The fraction of sp³-hybridized carbons (Fsp3) is 0.312. The number of anilines is 1. The van der Waals surface area contributed by atoms with Crippen molar-refractivity contribution < 1.29 is 22.0 Å². The molecule has 1 aromatic carbocycles.